The topological polar surface area (TPSA) is 36.9 Å². The second-order valence-corrected chi connectivity index (χ2v) is 5.73. The highest BCUT2D eigenvalue weighted by Crippen LogP contribution is 2.43. The van der Waals surface area contributed by atoms with E-state index in [1.54, 1.807) is 21.3 Å². The van der Waals surface area contributed by atoms with Crippen molar-refractivity contribution >= 4 is 0 Å². The van der Waals surface area contributed by atoms with Crippen molar-refractivity contribution in [2.45, 2.75) is 18.9 Å². The van der Waals surface area contributed by atoms with Gasteiger partial charge in [0.25, 0.3) is 0 Å². The Balaban J connectivity index is 2.16. The zero-order valence-corrected chi connectivity index (χ0v) is 14.0. The average molecular weight is 314 g/mol. The lowest BCUT2D eigenvalue weighted by Gasteiger charge is -2.37. The molecule has 0 saturated carbocycles. The quantitative estimate of drug-likeness (QED) is 0.865. The summed E-state index contributed by atoms with van der Waals surface area (Å²) in [7, 11) is 4.98. The zero-order chi connectivity index (χ0) is 16.4. The molecule has 2 aromatic rings. The minimum absolute atomic E-state index is 0.540. The first-order chi connectivity index (χ1) is 11.1. The highest BCUT2D eigenvalue weighted by Gasteiger charge is 2.36. The molecule has 1 heterocycles. The van der Waals surface area contributed by atoms with Crippen LogP contribution in [-0.4, -0.2) is 27.9 Å². The minimum atomic E-state index is -0.540. The standard InChI is InChI=1S/C19H22O4/c1-19(14-6-5-7-15(11-14)20-2)16-12-18(22-4)17(21-3)10-13(16)8-9-23-19/h5-7,10-12H,8-9H2,1-4H3/t19-/m0/s1. The summed E-state index contributed by atoms with van der Waals surface area (Å²) in [6.45, 7) is 2.75. The fourth-order valence-corrected chi connectivity index (χ4v) is 3.17. The van der Waals surface area contributed by atoms with Gasteiger partial charge < -0.3 is 18.9 Å². The average Bonchev–Trinajstić information content (AvgIpc) is 2.61. The predicted molar refractivity (Wildman–Crippen MR) is 88.7 cm³/mol. The van der Waals surface area contributed by atoms with Gasteiger partial charge in [0.05, 0.1) is 27.9 Å². The van der Waals surface area contributed by atoms with E-state index in [2.05, 4.69) is 19.1 Å². The molecular weight excluding hydrogens is 292 g/mol. The number of ether oxygens (including phenoxy) is 4. The molecule has 0 bridgehead atoms. The number of methoxy groups -OCH3 is 3. The van der Waals surface area contributed by atoms with Gasteiger partial charge in [0.15, 0.2) is 11.5 Å². The van der Waals surface area contributed by atoms with Gasteiger partial charge in [-0.05, 0) is 54.3 Å². The first-order valence-electron chi connectivity index (χ1n) is 7.66. The molecule has 4 heteroatoms. The molecule has 0 aliphatic carbocycles. The van der Waals surface area contributed by atoms with Gasteiger partial charge >= 0.3 is 0 Å². The Labute approximate surface area is 136 Å². The van der Waals surface area contributed by atoms with Crippen LogP contribution in [0.5, 0.6) is 17.2 Å². The van der Waals surface area contributed by atoms with Gasteiger partial charge in [-0.2, -0.15) is 0 Å². The van der Waals surface area contributed by atoms with Gasteiger partial charge in [-0.1, -0.05) is 12.1 Å². The van der Waals surface area contributed by atoms with Crippen molar-refractivity contribution in [1.82, 2.24) is 0 Å². The van der Waals surface area contributed by atoms with E-state index in [9.17, 15) is 0 Å². The Hall–Kier alpha value is -2.20. The Kier molecular flexibility index (Phi) is 4.18. The van der Waals surface area contributed by atoms with Crippen molar-refractivity contribution in [3.8, 4) is 17.2 Å². The van der Waals surface area contributed by atoms with Crippen molar-refractivity contribution in [3.63, 3.8) is 0 Å². The van der Waals surface area contributed by atoms with E-state index >= 15 is 0 Å². The van der Waals surface area contributed by atoms with Crippen LogP contribution in [-0.2, 0) is 16.8 Å². The highest BCUT2D eigenvalue weighted by atomic mass is 16.5. The van der Waals surface area contributed by atoms with Gasteiger partial charge in [0.2, 0.25) is 0 Å². The van der Waals surface area contributed by atoms with Crippen LogP contribution < -0.4 is 14.2 Å². The summed E-state index contributed by atoms with van der Waals surface area (Å²) in [4.78, 5) is 0. The van der Waals surface area contributed by atoms with E-state index in [0.717, 1.165) is 29.0 Å². The number of fused-ring (bicyclic) bond motifs is 1. The largest absolute Gasteiger partial charge is 0.497 e. The fourth-order valence-electron chi connectivity index (χ4n) is 3.17. The summed E-state index contributed by atoms with van der Waals surface area (Å²) in [5, 5.41) is 0. The van der Waals surface area contributed by atoms with Crippen molar-refractivity contribution in [3.05, 3.63) is 53.1 Å². The van der Waals surface area contributed by atoms with Crippen LogP contribution in [0.1, 0.15) is 23.6 Å². The Morgan fingerprint density at radius 2 is 1.70 bits per heavy atom. The molecule has 1 atom stereocenters. The third kappa shape index (κ3) is 2.63. The number of benzene rings is 2. The molecule has 0 N–H and O–H groups in total. The molecule has 3 rings (SSSR count). The molecule has 0 spiro atoms. The normalized spacial score (nSPS) is 19.8. The van der Waals surface area contributed by atoms with Gasteiger partial charge in [0, 0.05) is 0 Å². The fraction of sp³-hybridized carbons (Fsp3) is 0.368. The van der Waals surface area contributed by atoms with Gasteiger partial charge in [-0.25, -0.2) is 0 Å². The maximum Gasteiger partial charge on any atom is 0.161 e. The Morgan fingerprint density at radius 3 is 2.39 bits per heavy atom. The molecule has 23 heavy (non-hydrogen) atoms. The lowest BCUT2D eigenvalue weighted by Crippen LogP contribution is -2.33. The van der Waals surface area contributed by atoms with Crippen LogP contribution in [0.15, 0.2) is 36.4 Å². The number of hydrogen-bond acceptors (Lipinski definition) is 4. The van der Waals surface area contributed by atoms with Gasteiger partial charge in [-0.15, -0.1) is 0 Å². The van der Waals surface area contributed by atoms with Crippen LogP contribution in [0.4, 0.5) is 0 Å². The highest BCUT2D eigenvalue weighted by molar-refractivity contribution is 5.53. The summed E-state index contributed by atoms with van der Waals surface area (Å²) < 4.78 is 22.5. The van der Waals surface area contributed by atoms with Crippen molar-refractivity contribution < 1.29 is 18.9 Å². The third-order valence-corrected chi connectivity index (χ3v) is 4.51. The second kappa shape index (κ2) is 6.13. The third-order valence-electron chi connectivity index (χ3n) is 4.51. The SMILES string of the molecule is COc1cccc([C@]2(C)OCCc3cc(OC)c(OC)cc32)c1. The van der Waals surface area contributed by atoms with Crippen LogP contribution in [0.3, 0.4) is 0 Å². The molecular formula is C19H22O4. The summed E-state index contributed by atoms with van der Waals surface area (Å²) >= 11 is 0. The number of hydrogen-bond donors (Lipinski definition) is 0. The Morgan fingerprint density at radius 1 is 0.957 bits per heavy atom. The van der Waals surface area contributed by atoms with Crippen LogP contribution in [0.2, 0.25) is 0 Å². The number of rotatable bonds is 4. The van der Waals surface area contributed by atoms with Crippen molar-refractivity contribution in [2.24, 2.45) is 0 Å². The molecule has 0 aromatic heterocycles. The molecule has 1 aliphatic rings. The first-order valence-corrected chi connectivity index (χ1v) is 7.66. The van der Waals surface area contributed by atoms with E-state index in [-0.39, 0.29) is 0 Å². The maximum absolute atomic E-state index is 6.20. The minimum Gasteiger partial charge on any atom is -0.497 e. The van der Waals surface area contributed by atoms with Crippen molar-refractivity contribution in [2.75, 3.05) is 27.9 Å². The summed E-state index contributed by atoms with van der Waals surface area (Å²) in [6, 6.07) is 12.1. The summed E-state index contributed by atoms with van der Waals surface area (Å²) in [6.07, 6.45) is 0.856. The van der Waals surface area contributed by atoms with Gasteiger partial charge in [-0.3, -0.25) is 0 Å². The smallest absolute Gasteiger partial charge is 0.161 e. The molecule has 0 fully saturated rings. The van der Waals surface area contributed by atoms with E-state index in [4.69, 9.17) is 18.9 Å². The molecule has 0 unspecified atom stereocenters. The van der Waals surface area contributed by atoms with E-state index < -0.39 is 5.60 Å². The van der Waals surface area contributed by atoms with E-state index in [0.29, 0.717) is 12.4 Å². The molecule has 2 aromatic carbocycles. The summed E-state index contributed by atoms with van der Waals surface area (Å²) in [5.74, 6) is 2.28. The lowest BCUT2D eigenvalue weighted by atomic mass is 9.82. The zero-order valence-electron chi connectivity index (χ0n) is 14.0. The Bertz CT molecular complexity index is 711. The summed E-state index contributed by atoms with van der Waals surface area (Å²) in [5.41, 5.74) is 2.85. The second-order valence-electron chi connectivity index (χ2n) is 5.73. The molecule has 0 saturated heterocycles. The van der Waals surface area contributed by atoms with E-state index in [1.165, 1.54) is 5.56 Å². The molecule has 0 amide bonds. The maximum atomic E-state index is 6.20. The van der Waals surface area contributed by atoms with Crippen molar-refractivity contribution in [1.29, 1.82) is 0 Å². The van der Waals surface area contributed by atoms with Crippen LogP contribution in [0.25, 0.3) is 0 Å². The first kappa shape index (κ1) is 15.7. The molecule has 0 radical (unpaired) electrons. The lowest BCUT2D eigenvalue weighted by molar-refractivity contribution is -0.0145. The molecule has 122 valence electrons. The monoisotopic (exact) mass is 314 g/mol. The van der Waals surface area contributed by atoms with Gasteiger partial charge in [0.1, 0.15) is 11.4 Å². The van der Waals surface area contributed by atoms with Crippen LogP contribution >= 0.6 is 0 Å². The predicted octanol–water partition coefficient (Wildman–Crippen LogP) is 3.55. The van der Waals surface area contributed by atoms with Crippen LogP contribution in [0, 0.1) is 0 Å². The van der Waals surface area contributed by atoms with E-state index in [1.807, 2.05) is 24.3 Å². The molecule has 1 aliphatic heterocycles. The molecule has 4 nitrogen and oxygen atoms in total.